The molecule has 0 atom stereocenters. The van der Waals surface area contributed by atoms with E-state index in [9.17, 15) is 0 Å². The molecule has 0 radical (unpaired) electrons. The molecule has 1 N–H and O–H groups in total. The largest absolute Gasteiger partial charge is 0.375 e. The highest BCUT2D eigenvalue weighted by Gasteiger charge is 2.29. The fraction of sp³-hybridized carbons (Fsp3) is 1.00. The summed E-state index contributed by atoms with van der Waals surface area (Å²) in [6, 6.07) is 0. The molecule has 2 fully saturated rings. The van der Waals surface area contributed by atoms with Crippen LogP contribution in [-0.4, -0.2) is 49.8 Å². The Bertz CT molecular complexity index is 237. The van der Waals surface area contributed by atoms with E-state index in [0.29, 0.717) is 0 Å². The van der Waals surface area contributed by atoms with Crippen LogP contribution in [0.1, 0.15) is 40.0 Å². The minimum atomic E-state index is 0.0133. The van der Waals surface area contributed by atoms with Gasteiger partial charge in [0, 0.05) is 19.6 Å². The van der Waals surface area contributed by atoms with E-state index in [1.54, 1.807) is 0 Å². The zero-order chi connectivity index (χ0) is 13.0. The molecule has 0 aromatic rings. The summed E-state index contributed by atoms with van der Waals surface area (Å²) in [7, 11) is 0. The molecule has 18 heavy (non-hydrogen) atoms. The van der Waals surface area contributed by atoms with Gasteiger partial charge in [0.15, 0.2) is 0 Å². The Kier molecular flexibility index (Phi) is 5.05. The third-order valence-corrected chi connectivity index (χ3v) is 4.10. The Morgan fingerprint density at radius 3 is 2.39 bits per heavy atom. The molecule has 3 nitrogen and oxygen atoms in total. The van der Waals surface area contributed by atoms with E-state index in [1.165, 1.54) is 45.4 Å². The lowest BCUT2D eigenvalue weighted by Crippen LogP contribution is -2.49. The van der Waals surface area contributed by atoms with Crippen molar-refractivity contribution in [1.29, 1.82) is 0 Å². The summed E-state index contributed by atoms with van der Waals surface area (Å²) in [6.45, 7) is 13.5. The van der Waals surface area contributed by atoms with Crippen LogP contribution in [0.5, 0.6) is 0 Å². The van der Waals surface area contributed by atoms with Crippen LogP contribution in [0.15, 0.2) is 0 Å². The molecule has 2 saturated heterocycles. The topological polar surface area (TPSA) is 24.5 Å². The van der Waals surface area contributed by atoms with Crippen molar-refractivity contribution in [1.82, 2.24) is 10.2 Å². The van der Waals surface area contributed by atoms with Gasteiger partial charge in [-0.05, 0) is 65.0 Å². The van der Waals surface area contributed by atoms with Gasteiger partial charge in [0.1, 0.15) is 0 Å². The van der Waals surface area contributed by atoms with Gasteiger partial charge in [-0.25, -0.2) is 0 Å². The van der Waals surface area contributed by atoms with E-state index in [4.69, 9.17) is 4.74 Å². The van der Waals surface area contributed by atoms with Gasteiger partial charge in [0.05, 0.1) is 12.2 Å². The highest BCUT2D eigenvalue weighted by molar-refractivity contribution is 4.83. The van der Waals surface area contributed by atoms with E-state index in [0.717, 1.165) is 25.0 Å². The SMILES string of the molecule is CC(C)(C)OCCN1CC(CC2CCNCC2)C1. The lowest BCUT2D eigenvalue weighted by atomic mass is 9.84. The molecule has 0 saturated carbocycles. The summed E-state index contributed by atoms with van der Waals surface area (Å²) < 4.78 is 5.77. The Hall–Kier alpha value is -0.120. The summed E-state index contributed by atoms with van der Waals surface area (Å²) >= 11 is 0. The quantitative estimate of drug-likeness (QED) is 0.813. The summed E-state index contributed by atoms with van der Waals surface area (Å²) in [4.78, 5) is 2.54. The predicted molar refractivity (Wildman–Crippen MR) is 75.8 cm³/mol. The minimum absolute atomic E-state index is 0.0133. The Balaban J connectivity index is 1.51. The molecule has 2 heterocycles. The molecule has 106 valence electrons. The van der Waals surface area contributed by atoms with Crippen LogP contribution in [0.2, 0.25) is 0 Å². The summed E-state index contributed by atoms with van der Waals surface area (Å²) in [6.07, 6.45) is 4.24. The van der Waals surface area contributed by atoms with E-state index < -0.39 is 0 Å². The van der Waals surface area contributed by atoms with Gasteiger partial charge in [0.2, 0.25) is 0 Å². The van der Waals surface area contributed by atoms with E-state index in [1.807, 2.05) is 0 Å². The molecule has 0 bridgehead atoms. The first-order valence-electron chi connectivity index (χ1n) is 7.60. The van der Waals surface area contributed by atoms with Crippen molar-refractivity contribution in [3.63, 3.8) is 0 Å². The monoisotopic (exact) mass is 254 g/mol. The molecule has 3 heteroatoms. The van der Waals surface area contributed by atoms with Crippen molar-refractivity contribution in [3.05, 3.63) is 0 Å². The highest BCUT2D eigenvalue weighted by Crippen LogP contribution is 2.27. The van der Waals surface area contributed by atoms with Gasteiger partial charge >= 0.3 is 0 Å². The average molecular weight is 254 g/mol. The third kappa shape index (κ3) is 4.87. The molecule has 0 unspecified atom stereocenters. The fourth-order valence-electron chi connectivity index (χ4n) is 3.08. The molecule has 0 aromatic heterocycles. The molecular formula is C15H30N2O. The third-order valence-electron chi connectivity index (χ3n) is 4.10. The van der Waals surface area contributed by atoms with Crippen molar-refractivity contribution >= 4 is 0 Å². The number of rotatable bonds is 5. The maximum absolute atomic E-state index is 5.77. The minimum Gasteiger partial charge on any atom is -0.375 e. The number of nitrogens with zero attached hydrogens (tertiary/aromatic N) is 1. The summed E-state index contributed by atoms with van der Waals surface area (Å²) in [5, 5.41) is 3.45. The lowest BCUT2D eigenvalue weighted by molar-refractivity contribution is -0.0300. The Labute approximate surface area is 112 Å². The second kappa shape index (κ2) is 6.36. The highest BCUT2D eigenvalue weighted by atomic mass is 16.5. The van der Waals surface area contributed by atoms with Gasteiger partial charge in [-0.15, -0.1) is 0 Å². The predicted octanol–water partition coefficient (Wildman–Crippen LogP) is 2.12. The Morgan fingerprint density at radius 2 is 1.78 bits per heavy atom. The van der Waals surface area contributed by atoms with Crippen molar-refractivity contribution in [2.24, 2.45) is 11.8 Å². The maximum Gasteiger partial charge on any atom is 0.0600 e. The molecule has 0 amide bonds. The summed E-state index contributed by atoms with van der Waals surface area (Å²) in [5.41, 5.74) is 0.0133. The number of hydrogen-bond donors (Lipinski definition) is 1. The molecular weight excluding hydrogens is 224 g/mol. The fourth-order valence-corrected chi connectivity index (χ4v) is 3.08. The molecule has 0 spiro atoms. The van der Waals surface area contributed by atoms with Crippen molar-refractivity contribution < 1.29 is 4.74 Å². The maximum atomic E-state index is 5.77. The van der Waals surface area contributed by atoms with Gasteiger partial charge in [0.25, 0.3) is 0 Å². The van der Waals surface area contributed by atoms with Crippen LogP contribution in [0.4, 0.5) is 0 Å². The number of likely N-dealkylation sites (tertiary alicyclic amines) is 1. The van der Waals surface area contributed by atoms with Crippen LogP contribution >= 0.6 is 0 Å². The number of nitrogens with one attached hydrogen (secondary N) is 1. The molecule has 0 aliphatic carbocycles. The van der Waals surface area contributed by atoms with Gasteiger partial charge < -0.3 is 15.0 Å². The smallest absolute Gasteiger partial charge is 0.0600 e. The van der Waals surface area contributed by atoms with Crippen molar-refractivity contribution in [3.8, 4) is 0 Å². The molecule has 2 aliphatic rings. The van der Waals surface area contributed by atoms with Crippen LogP contribution < -0.4 is 5.32 Å². The van der Waals surface area contributed by atoms with Crippen LogP contribution in [-0.2, 0) is 4.74 Å². The Morgan fingerprint density at radius 1 is 1.11 bits per heavy atom. The van der Waals surface area contributed by atoms with E-state index in [2.05, 4.69) is 31.0 Å². The number of piperidine rings is 1. The first-order chi connectivity index (χ1) is 8.53. The molecule has 2 rings (SSSR count). The standard InChI is InChI=1S/C15H30N2O/c1-15(2,3)18-9-8-17-11-14(12-17)10-13-4-6-16-7-5-13/h13-14,16H,4-12H2,1-3H3. The van der Waals surface area contributed by atoms with E-state index >= 15 is 0 Å². The van der Waals surface area contributed by atoms with Gasteiger partial charge in [-0.2, -0.15) is 0 Å². The summed E-state index contributed by atoms with van der Waals surface area (Å²) in [5.74, 6) is 1.95. The lowest BCUT2D eigenvalue weighted by Gasteiger charge is -2.41. The number of ether oxygens (including phenoxy) is 1. The first kappa shape index (κ1) is 14.3. The van der Waals surface area contributed by atoms with Gasteiger partial charge in [-0.1, -0.05) is 0 Å². The second-order valence-electron chi connectivity index (χ2n) is 7.02. The van der Waals surface area contributed by atoms with Crippen molar-refractivity contribution in [2.45, 2.75) is 45.6 Å². The van der Waals surface area contributed by atoms with E-state index in [-0.39, 0.29) is 5.60 Å². The van der Waals surface area contributed by atoms with Crippen LogP contribution in [0.3, 0.4) is 0 Å². The average Bonchev–Trinajstić information content (AvgIpc) is 2.25. The normalized spacial score (nSPS) is 24.2. The van der Waals surface area contributed by atoms with Crippen LogP contribution in [0.25, 0.3) is 0 Å². The van der Waals surface area contributed by atoms with Crippen molar-refractivity contribution in [2.75, 3.05) is 39.3 Å². The first-order valence-corrected chi connectivity index (χ1v) is 7.60. The number of hydrogen-bond acceptors (Lipinski definition) is 3. The van der Waals surface area contributed by atoms with Gasteiger partial charge in [-0.3, -0.25) is 0 Å². The molecule has 0 aromatic carbocycles. The van der Waals surface area contributed by atoms with Crippen LogP contribution in [0, 0.1) is 11.8 Å². The zero-order valence-electron chi connectivity index (χ0n) is 12.4. The molecule has 2 aliphatic heterocycles. The zero-order valence-corrected chi connectivity index (χ0v) is 12.4. The second-order valence-corrected chi connectivity index (χ2v) is 7.02.